The third-order valence-electron chi connectivity index (χ3n) is 5.03. The van der Waals surface area contributed by atoms with E-state index in [1.165, 1.54) is 27.0 Å². The summed E-state index contributed by atoms with van der Waals surface area (Å²) >= 11 is 2.62. The lowest BCUT2D eigenvalue weighted by atomic mass is 10.0. The van der Waals surface area contributed by atoms with Crippen LogP contribution < -0.4 is 4.80 Å². The van der Waals surface area contributed by atoms with Gasteiger partial charge in [-0.25, -0.2) is 8.42 Å². The second-order valence-corrected chi connectivity index (χ2v) is 10.9. The quantitative estimate of drug-likeness (QED) is 0.634. The Morgan fingerprint density at radius 1 is 1.21 bits per heavy atom. The maximum atomic E-state index is 13.0. The number of carbonyl (C=O) groups excluding carboxylic acids is 1. The van der Waals surface area contributed by atoms with Crippen LogP contribution in [0.15, 0.2) is 44.9 Å². The normalized spacial score (nSPS) is 19.4. The lowest BCUT2D eigenvalue weighted by Crippen LogP contribution is -2.47. The Balaban J connectivity index is 1.73. The zero-order valence-corrected chi connectivity index (χ0v) is 18.1. The minimum absolute atomic E-state index is 0.273. The summed E-state index contributed by atoms with van der Waals surface area (Å²) < 4.78 is 30.6. The topological polar surface area (TPSA) is 71.7 Å². The number of aryl methyl sites for hydroxylation is 2. The molecule has 0 spiro atoms. The number of fused-ring (bicyclic) bond motifs is 1. The highest BCUT2D eigenvalue weighted by atomic mass is 32.2. The fourth-order valence-corrected chi connectivity index (χ4v) is 7.51. The number of benzene rings is 1. The van der Waals surface area contributed by atoms with E-state index in [9.17, 15) is 13.2 Å². The van der Waals surface area contributed by atoms with Crippen molar-refractivity contribution in [1.29, 1.82) is 0 Å². The van der Waals surface area contributed by atoms with Crippen LogP contribution >= 0.6 is 22.7 Å². The van der Waals surface area contributed by atoms with Gasteiger partial charge >= 0.3 is 0 Å². The number of rotatable bonds is 3. The predicted molar refractivity (Wildman–Crippen MR) is 112 cm³/mol. The van der Waals surface area contributed by atoms with Gasteiger partial charge in [0.15, 0.2) is 4.80 Å². The molecule has 1 unspecified atom stereocenters. The molecule has 3 aromatic rings. The molecule has 1 aliphatic heterocycles. The van der Waals surface area contributed by atoms with Crippen LogP contribution in [0.3, 0.4) is 0 Å². The summed E-state index contributed by atoms with van der Waals surface area (Å²) in [5.41, 5.74) is 2.16. The number of amides is 1. The van der Waals surface area contributed by atoms with Crippen molar-refractivity contribution in [2.45, 2.75) is 36.4 Å². The average molecular weight is 436 g/mol. The van der Waals surface area contributed by atoms with E-state index in [2.05, 4.69) is 4.99 Å². The number of nitrogens with zero attached hydrogens (tertiary/aromatic N) is 3. The first-order chi connectivity index (χ1) is 13.4. The molecule has 0 saturated carbocycles. The molecule has 1 amide bonds. The summed E-state index contributed by atoms with van der Waals surface area (Å²) in [6.07, 6.45) is 2.07. The van der Waals surface area contributed by atoms with E-state index in [0.29, 0.717) is 17.8 Å². The molecule has 4 rings (SSSR count). The first-order valence-corrected chi connectivity index (χ1v) is 12.2. The molecule has 3 heterocycles. The molecule has 2 aromatic heterocycles. The molecule has 9 heteroatoms. The van der Waals surface area contributed by atoms with Gasteiger partial charge in [-0.2, -0.15) is 9.30 Å². The Bertz CT molecular complexity index is 1190. The second kappa shape index (κ2) is 7.55. The molecule has 0 N–H and O–H groups in total. The number of hydrogen-bond donors (Lipinski definition) is 0. The number of thiophene rings is 1. The van der Waals surface area contributed by atoms with Gasteiger partial charge in [0.2, 0.25) is 0 Å². The van der Waals surface area contributed by atoms with Gasteiger partial charge < -0.3 is 4.57 Å². The second-order valence-electron chi connectivity index (χ2n) is 6.87. The zero-order chi connectivity index (χ0) is 19.9. The summed E-state index contributed by atoms with van der Waals surface area (Å²) in [6, 6.07) is 8.56. The Hall–Kier alpha value is -1.81. The number of carbonyl (C=O) groups is 1. The zero-order valence-electron chi connectivity index (χ0n) is 15.7. The van der Waals surface area contributed by atoms with E-state index in [1.54, 1.807) is 17.5 Å². The fourth-order valence-electron chi connectivity index (χ4n) is 3.64. The number of para-hydroxylation sites is 1. The van der Waals surface area contributed by atoms with Gasteiger partial charge in [0, 0.05) is 13.6 Å². The van der Waals surface area contributed by atoms with Crippen molar-refractivity contribution >= 4 is 48.8 Å². The largest absolute Gasteiger partial charge is 0.319 e. The van der Waals surface area contributed by atoms with Gasteiger partial charge in [-0.15, -0.1) is 11.3 Å². The smallest absolute Gasteiger partial charge is 0.266 e. The highest BCUT2D eigenvalue weighted by Gasteiger charge is 2.38. The highest BCUT2D eigenvalue weighted by Crippen LogP contribution is 2.28. The Morgan fingerprint density at radius 3 is 2.75 bits per heavy atom. The monoisotopic (exact) mass is 435 g/mol. The third-order valence-corrected chi connectivity index (χ3v) is 9.41. The highest BCUT2D eigenvalue weighted by molar-refractivity contribution is 7.91. The van der Waals surface area contributed by atoms with Crippen LogP contribution in [0.1, 0.15) is 24.8 Å². The lowest BCUT2D eigenvalue weighted by molar-refractivity contribution is -0.122. The van der Waals surface area contributed by atoms with Gasteiger partial charge in [-0.05, 0) is 42.8 Å². The van der Waals surface area contributed by atoms with Crippen molar-refractivity contribution in [3.8, 4) is 0 Å². The molecule has 148 valence electrons. The van der Waals surface area contributed by atoms with Crippen molar-refractivity contribution in [2.24, 2.45) is 12.0 Å². The molecule has 0 radical (unpaired) electrons. The molecule has 1 atom stereocenters. The van der Waals surface area contributed by atoms with Crippen LogP contribution in [-0.2, 0) is 21.9 Å². The maximum Gasteiger partial charge on any atom is 0.266 e. The van der Waals surface area contributed by atoms with Crippen molar-refractivity contribution < 1.29 is 13.2 Å². The Morgan fingerprint density at radius 2 is 2.04 bits per heavy atom. The summed E-state index contributed by atoms with van der Waals surface area (Å²) in [5, 5.41) is 1.73. The first kappa shape index (κ1) is 19.5. The molecule has 1 fully saturated rings. The number of thiazole rings is 1. The lowest BCUT2D eigenvalue weighted by Gasteiger charge is -2.31. The molecule has 1 aliphatic rings. The standard InChI is InChI=1S/C19H21N3O3S3/c1-13-7-5-9-15-17(13)21(2)19(27-15)20-18(23)14-8-3-4-11-22(14)28(24,25)16-10-6-12-26-16/h5-7,9-10,12,14H,3-4,8,11H2,1-2H3. The molecule has 1 saturated heterocycles. The number of sulfonamides is 1. The first-order valence-electron chi connectivity index (χ1n) is 9.08. The van der Waals surface area contributed by atoms with E-state index in [4.69, 9.17) is 0 Å². The van der Waals surface area contributed by atoms with Crippen LogP contribution in [0.5, 0.6) is 0 Å². The van der Waals surface area contributed by atoms with Gasteiger partial charge in [-0.3, -0.25) is 4.79 Å². The summed E-state index contributed by atoms with van der Waals surface area (Å²) in [7, 11) is -1.79. The molecular weight excluding hydrogens is 414 g/mol. The van der Waals surface area contributed by atoms with Gasteiger partial charge in [0.1, 0.15) is 10.3 Å². The fraction of sp³-hybridized carbons (Fsp3) is 0.368. The third kappa shape index (κ3) is 3.36. The number of aromatic nitrogens is 1. The van der Waals surface area contributed by atoms with E-state index in [1.807, 2.05) is 36.7 Å². The van der Waals surface area contributed by atoms with E-state index >= 15 is 0 Å². The Labute approximate surface area is 171 Å². The SMILES string of the molecule is Cc1cccc2sc(=NC(=O)C3CCCCN3S(=O)(=O)c3cccs3)n(C)c12. The molecule has 1 aromatic carbocycles. The summed E-state index contributed by atoms with van der Waals surface area (Å²) in [5.74, 6) is -0.389. The number of hydrogen-bond acceptors (Lipinski definition) is 5. The van der Waals surface area contributed by atoms with E-state index < -0.39 is 16.1 Å². The van der Waals surface area contributed by atoms with Crippen molar-refractivity contribution in [1.82, 2.24) is 8.87 Å². The molecule has 0 bridgehead atoms. The van der Waals surface area contributed by atoms with Crippen LogP contribution in [0, 0.1) is 6.92 Å². The van der Waals surface area contributed by atoms with E-state index in [-0.39, 0.29) is 10.1 Å². The Kier molecular flexibility index (Phi) is 5.26. The van der Waals surface area contributed by atoms with Crippen LogP contribution in [0.25, 0.3) is 10.2 Å². The van der Waals surface area contributed by atoms with Crippen molar-refractivity contribution in [3.63, 3.8) is 0 Å². The molecule has 6 nitrogen and oxygen atoms in total. The predicted octanol–water partition coefficient (Wildman–Crippen LogP) is 3.28. The summed E-state index contributed by atoms with van der Waals surface area (Å²) in [6.45, 7) is 2.38. The average Bonchev–Trinajstić information content (AvgIpc) is 3.32. The maximum absolute atomic E-state index is 13.0. The molecule has 28 heavy (non-hydrogen) atoms. The van der Waals surface area contributed by atoms with Crippen LogP contribution in [0.4, 0.5) is 0 Å². The van der Waals surface area contributed by atoms with Gasteiger partial charge in [-0.1, -0.05) is 36.0 Å². The van der Waals surface area contributed by atoms with Crippen molar-refractivity contribution in [2.75, 3.05) is 6.54 Å². The summed E-state index contributed by atoms with van der Waals surface area (Å²) in [4.78, 5) is 18.0. The van der Waals surface area contributed by atoms with Gasteiger partial charge in [0.05, 0.1) is 10.2 Å². The van der Waals surface area contributed by atoms with Crippen molar-refractivity contribution in [3.05, 3.63) is 46.1 Å². The molecular formula is C19H21N3O3S3. The molecule has 0 aliphatic carbocycles. The number of piperidine rings is 1. The minimum Gasteiger partial charge on any atom is -0.319 e. The van der Waals surface area contributed by atoms with Gasteiger partial charge in [0.25, 0.3) is 15.9 Å². The van der Waals surface area contributed by atoms with Crippen LogP contribution in [0.2, 0.25) is 0 Å². The van der Waals surface area contributed by atoms with E-state index in [0.717, 1.165) is 28.6 Å². The van der Waals surface area contributed by atoms with Crippen LogP contribution in [-0.4, -0.2) is 35.8 Å². The minimum atomic E-state index is -3.68.